The van der Waals surface area contributed by atoms with Crippen molar-refractivity contribution in [2.24, 2.45) is 0 Å². The van der Waals surface area contributed by atoms with Crippen LogP contribution < -0.4 is 0 Å². The zero-order valence-corrected chi connectivity index (χ0v) is 15.4. The summed E-state index contributed by atoms with van der Waals surface area (Å²) in [6, 6.07) is 15.8. The van der Waals surface area contributed by atoms with Gasteiger partial charge >= 0.3 is 0 Å². The van der Waals surface area contributed by atoms with E-state index >= 15 is 0 Å². The molecule has 6 heteroatoms. The van der Waals surface area contributed by atoms with Crippen LogP contribution in [-0.2, 0) is 11.2 Å². The highest BCUT2D eigenvalue weighted by Gasteiger charge is 2.26. The largest absolute Gasteiger partial charge is 0.356 e. The molecule has 0 saturated carbocycles. The second-order valence-electron chi connectivity index (χ2n) is 7.24. The van der Waals surface area contributed by atoms with Crippen LogP contribution in [0.1, 0.15) is 30.1 Å². The highest BCUT2D eigenvalue weighted by atomic mass is 16.5. The minimum absolute atomic E-state index is 0.102. The highest BCUT2D eigenvalue weighted by Crippen LogP contribution is 2.28. The van der Waals surface area contributed by atoms with Crippen LogP contribution in [0.4, 0.5) is 0 Å². The fraction of sp³-hybridized carbons (Fsp3) is 0.273. The lowest BCUT2D eigenvalue weighted by atomic mass is 9.92. The second-order valence-corrected chi connectivity index (χ2v) is 7.24. The van der Waals surface area contributed by atoms with E-state index in [1.54, 1.807) is 6.20 Å². The molecule has 140 valence electrons. The number of hydrogen-bond donors (Lipinski definition) is 0. The summed E-state index contributed by atoms with van der Waals surface area (Å²) in [5.41, 5.74) is 3.29. The predicted molar refractivity (Wildman–Crippen MR) is 106 cm³/mol. The fourth-order valence-electron chi connectivity index (χ4n) is 3.94. The Morgan fingerprint density at radius 2 is 1.93 bits per heavy atom. The van der Waals surface area contributed by atoms with Crippen molar-refractivity contribution in [1.82, 2.24) is 20.0 Å². The van der Waals surface area contributed by atoms with Gasteiger partial charge < -0.3 is 9.42 Å². The maximum atomic E-state index is 12.7. The van der Waals surface area contributed by atoms with Crippen LogP contribution in [0, 0.1) is 0 Å². The molecule has 5 rings (SSSR count). The molecule has 6 nitrogen and oxygen atoms in total. The van der Waals surface area contributed by atoms with E-state index in [1.165, 1.54) is 0 Å². The van der Waals surface area contributed by atoms with Crippen LogP contribution in [0.25, 0.3) is 22.0 Å². The quantitative estimate of drug-likeness (QED) is 0.548. The lowest BCUT2D eigenvalue weighted by Crippen LogP contribution is -2.39. The van der Waals surface area contributed by atoms with Gasteiger partial charge in [-0.15, -0.1) is 0 Å². The van der Waals surface area contributed by atoms with E-state index in [0.29, 0.717) is 11.6 Å². The highest BCUT2D eigenvalue weighted by molar-refractivity contribution is 5.86. The van der Waals surface area contributed by atoms with Gasteiger partial charge in [0.05, 0.1) is 6.42 Å². The molecule has 3 aromatic heterocycles. The van der Waals surface area contributed by atoms with Gasteiger partial charge in [0.25, 0.3) is 0 Å². The Labute approximate surface area is 162 Å². The average Bonchev–Trinajstić information content (AvgIpc) is 3.16. The van der Waals surface area contributed by atoms with Crippen molar-refractivity contribution < 1.29 is 9.32 Å². The van der Waals surface area contributed by atoms with Gasteiger partial charge in [0.2, 0.25) is 5.91 Å². The molecule has 1 aromatic carbocycles. The number of carbonyl (C=O) groups excluding carboxylic acids is 1. The smallest absolute Gasteiger partial charge is 0.228 e. The molecule has 0 spiro atoms. The fourth-order valence-corrected chi connectivity index (χ4v) is 3.94. The van der Waals surface area contributed by atoms with Gasteiger partial charge in [0.1, 0.15) is 5.69 Å². The molecular weight excluding hydrogens is 352 g/mol. The molecule has 0 unspecified atom stereocenters. The second kappa shape index (κ2) is 7.03. The summed E-state index contributed by atoms with van der Waals surface area (Å²) in [6.07, 6.45) is 3.88. The number of aromatic nitrogens is 3. The third kappa shape index (κ3) is 3.11. The molecule has 1 fully saturated rings. The maximum absolute atomic E-state index is 12.7. The van der Waals surface area contributed by atoms with Gasteiger partial charge in [0, 0.05) is 41.7 Å². The van der Waals surface area contributed by atoms with E-state index in [0.717, 1.165) is 53.6 Å². The van der Waals surface area contributed by atoms with Crippen molar-refractivity contribution in [1.29, 1.82) is 0 Å². The zero-order valence-electron chi connectivity index (χ0n) is 15.4. The van der Waals surface area contributed by atoms with E-state index in [9.17, 15) is 4.79 Å². The van der Waals surface area contributed by atoms with Crippen LogP contribution >= 0.6 is 0 Å². The molecule has 0 aliphatic carbocycles. The van der Waals surface area contributed by atoms with Gasteiger partial charge in [-0.2, -0.15) is 0 Å². The van der Waals surface area contributed by atoms with E-state index in [4.69, 9.17) is 9.51 Å². The van der Waals surface area contributed by atoms with Crippen LogP contribution in [0.15, 0.2) is 59.3 Å². The Morgan fingerprint density at radius 1 is 1.07 bits per heavy atom. The van der Waals surface area contributed by atoms with Gasteiger partial charge in [-0.1, -0.05) is 17.3 Å². The number of pyridine rings is 2. The number of para-hydroxylation sites is 1. The zero-order chi connectivity index (χ0) is 18.9. The van der Waals surface area contributed by atoms with Crippen LogP contribution in [-0.4, -0.2) is 39.0 Å². The average molecular weight is 372 g/mol. The Hall–Kier alpha value is -3.28. The van der Waals surface area contributed by atoms with Crippen molar-refractivity contribution in [2.45, 2.75) is 25.2 Å². The number of nitrogens with zero attached hydrogens (tertiary/aromatic N) is 4. The van der Waals surface area contributed by atoms with Gasteiger partial charge in [0.15, 0.2) is 11.2 Å². The predicted octanol–water partition coefficient (Wildman–Crippen LogP) is 3.72. The maximum Gasteiger partial charge on any atom is 0.228 e. The monoisotopic (exact) mass is 372 g/mol. The van der Waals surface area contributed by atoms with Crippen molar-refractivity contribution in [3.63, 3.8) is 0 Å². The molecule has 1 saturated heterocycles. The van der Waals surface area contributed by atoms with Crippen molar-refractivity contribution in [3.8, 4) is 0 Å². The summed E-state index contributed by atoms with van der Waals surface area (Å²) in [5.74, 6) is 0.467. The van der Waals surface area contributed by atoms with Crippen LogP contribution in [0.5, 0.6) is 0 Å². The lowest BCUT2D eigenvalue weighted by molar-refractivity contribution is -0.131. The number of piperidine rings is 1. The Morgan fingerprint density at radius 3 is 2.82 bits per heavy atom. The van der Waals surface area contributed by atoms with E-state index < -0.39 is 0 Å². The van der Waals surface area contributed by atoms with E-state index in [2.05, 4.69) is 22.3 Å². The molecule has 4 aromatic rings. The number of likely N-dealkylation sites (tertiary alicyclic amines) is 1. The molecule has 28 heavy (non-hydrogen) atoms. The number of carbonyl (C=O) groups is 1. The van der Waals surface area contributed by atoms with E-state index in [-0.39, 0.29) is 12.3 Å². The van der Waals surface area contributed by atoms with Crippen molar-refractivity contribution >= 4 is 27.9 Å². The molecular formula is C22H20N4O2. The van der Waals surface area contributed by atoms with Crippen molar-refractivity contribution in [2.75, 3.05) is 13.1 Å². The number of benzene rings is 1. The molecule has 0 radical (unpaired) electrons. The molecule has 1 aliphatic heterocycles. The molecule has 1 amide bonds. The van der Waals surface area contributed by atoms with Gasteiger partial charge in [-0.3, -0.25) is 4.79 Å². The minimum atomic E-state index is 0.102. The van der Waals surface area contributed by atoms with Crippen molar-refractivity contribution in [3.05, 3.63) is 66.1 Å². The standard InChI is InChI=1S/C22H20N4O2/c27-21(14-19-17-5-1-2-6-20(17)28-25-19)26-12-9-15(10-13-26)18-8-7-16-4-3-11-23-22(16)24-18/h1-8,11,15H,9-10,12-14H2. The first-order valence-corrected chi connectivity index (χ1v) is 9.61. The molecule has 0 N–H and O–H groups in total. The summed E-state index contributed by atoms with van der Waals surface area (Å²) in [6.45, 7) is 1.47. The molecule has 1 aliphatic rings. The van der Waals surface area contributed by atoms with Gasteiger partial charge in [-0.25, -0.2) is 9.97 Å². The third-order valence-electron chi connectivity index (χ3n) is 5.52. The number of fused-ring (bicyclic) bond motifs is 2. The minimum Gasteiger partial charge on any atom is -0.356 e. The first kappa shape index (κ1) is 16.9. The van der Waals surface area contributed by atoms with Crippen LogP contribution in [0.2, 0.25) is 0 Å². The molecule has 4 heterocycles. The summed E-state index contributed by atoms with van der Waals surface area (Å²) >= 11 is 0. The molecule has 0 atom stereocenters. The summed E-state index contributed by atoms with van der Waals surface area (Å²) in [5, 5.41) is 6.05. The van der Waals surface area contributed by atoms with E-state index in [1.807, 2.05) is 41.3 Å². The normalized spacial score (nSPS) is 15.4. The van der Waals surface area contributed by atoms with Gasteiger partial charge in [-0.05, 0) is 49.2 Å². The number of hydrogen-bond acceptors (Lipinski definition) is 5. The topological polar surface area (TPSA) is 72.1 Å². The summed E-state index contributed by atoms with van der Waals surface area (Å²) < 4.78 is 5.31. The Balaban J connectivity index is 1.25. The SMILES string of the molecule is O=C(Cc1noc2ccccc12)N1CCC(c2ccc3cccnc3n2)CC1. The lowest BCUT2D eigenvalue weighted by Gasteiger charge is -2.31. The summed E-state index contributed by atoms with van der Waals surface area (Å²) in [4.78, 5) is 23.8. The Bertz CT molecular complexity index is 1150. The summed E-state index contributed by atoms with van der Waals surface area (Å²) in [7, 11) is 0. The molecule has 0 bridgehead atoms. The van der Waals surface area contributed by atoms with Crippen LogP contribution in [0.3, 0.4) is 0 Å². The third-order valence-corrected chi connectivity index (χ3v) is 5.52. The first-order valence-electron chi connectivity index (χ1n) is 9.61. The number of amides is 1. The Kier molecular flexibility index (Phi) is 4.24. The first-order chi connectivity index (χ1) is 13.8. The number of rotatable bonds is 3.